The lowest BCUT2D eigenvalue weighted by Crippen LogP contribution is -2.39. The summed E-state index contributed by atoms with van der Waals surface area (Å²) in [5, 5.41) is 6.07. The Morgan fingerprint density at radius 2 is 1.26 bits per heavy atom. The SMILES string of the molecule is CCC(C(=O)Nc1c(C)cc(C)c(Cc2cc(C)cc(C)c2NC(=O)C(C)(C)C(=O)OCc2ccccc2)c1C)C(=O)OCc1ccccc1. The fraction of sp³-hybridized carbons (Fsp3) is 0.333. The lowest BCUT2D eigenvalue weighted by Gasteiger charge is -2.25. The molecule has 2 N–H and O–H groups in total. The molecule has 0 fully saturated rings. The second kappa shape index (κ2) is 16.4. The Balaban J connectivity index is 1.55. The van der Waals surface area contributed by atoms with E-state index >= 15 is 0 Å². The van der Waals surface area contributed by atoms with Gasteiger partial charge < -0.3 is 20.1 Å². The maximum Gasteiger partial charge on any atom is 0.321 e. The smallest absolute Gasteiger partial charge is 0.321 e. The van der Waals surface area contributed by atoms with Gasteiger partial charge in [0.15, 0.2) is 0 Å². The molecule has 1 atom stereocenters. The number of anilines is 2. The number of aryl methyl sites for hydroxylation is 4. The van der Waals surface area contributed by atoms with Crippen LogP contribution in [0.2, 0.25) is 0 Å². The molecule has 8 heteroatoms. The van der Waals surface area contributed by atoms with Gasteiger partial charge >= 0.3 is 11.9 Å². The minimum absolute atomic E-state index is 0.0733. The summed E-state index contributed by atoms with van der Waals surface area (Å²) in [4.78, 5) is 53.2. The zero-order valence-electron chi connectivity index (χ0n) is 30.4. The van der Waals surface area contributed by atoms with Crippen LogP contribution < -0.4 is 10.6 Å². The number of carbonyl (C=O) groups excluding carboxylic acids is 4. The van der Waals surface area contributed by atoms with Crippen molar-refractivity contribution in [3.63, 3.8) is 0 Å². The molecule has 0 saturated carbocycles. The van der Waals surface area contributed by atoms with E-state index in [2.05, 4.69) is 10.6 Å². The van der Waals surface area contributed by atoms with Crippen molar-refractivity contribution in [2.45, 2.75) is 81.4 Å². The first-order valence-electron chi connectivity index (χ1n) is 17.0. The Morgan fingerprint density at radius 1 is 0.700 bits per heavy atom. The van der Waals surface area contributed by atoms with Gasteiger partial charge in [-0.05, 0) is 99.4 Å². The van der Waals surface area contributed by atoms with E-state index < -0.39 is 35.1 Å². The molecule has 0 bridgehead atoms. The van der Waals surface area contributed by atoms with E-state index in [1.54, 1.807) is 20.8 Å². The van der Waals surface area contributed by atoms with Crippen molar-refractivity contribution in [1.29, 1.82) is 0 Å². The predicted molar refractivity (Wildman–Crippen MR) is 197 cm³/mol. The molecule has 8 nitrogen and oxygen atoms in total. The molecular formula is C42H48N2O6. The topological polar surface area (TPSA) is 111 Å². The van der Waals surface area contributed by atoms with Gasteiger partial charge in [-0.15, -0.1) is 0 Å². The van der Waals surface area contributed by atoms with E-state index in [1.165, 1.54) is 0 Å². The van der Waals surface area contributed by atoms with Crippen LogP contribution in [0.1, 0.15) is 77.3 Å². The Kier molecular flexibility index (Phi) is 12.4. The van der Waals surface area contributed by atoms with Crippen LogP contribution in [-0.2, 0) is 48.3 Å². The van der Waals surface area contributed by atoms with Crippen LogP contribution in [0.15, 0.2) is 78.9 Å². The maximum absolute atomic E-state index is 13.7. The van der Waals surface area contributed by atoms with Crippen LogP contribution in [0.3, 0.4) is 0 Å². The van der Waals surface area contributed by atoms with Gasteiger partial charge in [0.05, 0.1) is 0 Å². The number of benzene rings is 4. The van der Waals surface area contributed by atoms with Gasteiger partial charge in [-0.2, -0.15) is 0 Å². The minimum atomic E-state index is -1.45. The number of nitrogens with one attached hydrogen (secondary N) is 2. The standard InChI is InChI=1S/C42H48N2O6/c1-9-34(39(46)49-24-31-16-12-10-13-17-31)38(45)43-36-29(5)22-27(3)35(30(36)6)23-33-21-26(2)20-28(4)37(33)44-40(47)42(7,8)41(48)50-25-32-18-14-11-15-19-32/h10-22,34H,9,23-25H2,1-8H3,(H,43,45)(H,44,47). The zero-order valence-corrected chi connectivity index (χ0v) is 30.4. The van der Waals surface area contributed by atoms with Crippen LogP contribution in [-0.4, -0.2) is 23.8 Å². The second-order valence-electron chi connectivity index (χ2n) is 13.5. The molecule has 4 rings (SSSR count). The summed E-state index contributed by atoms with van der Waals surface area (Å²) in [7, 11) is 0. The number of ether oxygens (including phenoxy) is 2. The molecule has 2 amide bonds. The van der Waals surface area contributed by atoms with E-state index in [-0.39, 0.29) is 19.6 Å². The van der Waals surface area contributed by atoms with E-state index in [0.717, 1.165) is 50.1 Å². The largest absolute Gasteiger partial charge is 0.460 e. The summed E-state index contributed by atoms with van der Waals surface area (Å²) in [5.74, 6) is -3.05. The summed E-state index contributed by atoms with van der Waals surface area (Å²) in [6.07, 6.45) is 0.742. The van der Waals surface area contributed by atoms with E-state index in [0.29, 0.717) is 17.8 Å². The summed E-state index contributed by atoms with van der Waals surface area (Å²) >= 11 is 0. The van der Waals surface area contributed by atoms with Gasteiger partial charge in [-0.3, -0.25) is 19.2 Å². The molecular weight excluding hydrogens is 628 g/mol. The molecule has 1 unspecified atom stereocenters. The van der Waals surface area contributed by atoms with Crippen molar-refractivity contribution in [2.24, 2.45) is 11.3 Å². The van der Waals surface area contributed by atoms with Gasteiger partial charge in [0.1, 0.15) is 24.5 Å². The zero-order chi connectivity index (χ0) is 36.6. The minimum Gasteiger partial charge on any atom is -0.460 e. The maximum atomic E-state index is 13.7. The predicted octanol–water partition coefficient (Wildman–Crippen LogP) is 8.24. The first kappa shape index (κ1) is 37.6. The number of esters is 2. The van der Waals surface area contributed by atoms with Crippen molar-refractivity contribution in [3.05, 3.63) is 129 Å². The van der Waals surface area contributed by atoms with E-state index in [9.17, 15) is 19.2 Å². The number of hydrogen-bond acceptors (Lipinski definition) is 6. The quantitative estimate of drug-likeness (QED) is 0.109. The van der Waals surface area contributed by atoms with Crippen LogP contribution in [0, 0.1) is 46.0 Å². The second-order valence-corrected chi connectivity index (χ2v) is 13.5. The summed E-state index contributed by atoms with van der Waals surface area (Å²) < 4.78 is 11.0. The molecule has 262 valence electrons. The molecule has 50 heavy (non-hydrogen) atoms. The fourth-order valence-corrected chi connectivity index (χ4v) is 6.02. The van der Waals surface area contributed by atoms with E-state index in [1.807, 2.05) is 113 Å². The third kappa shape index (κ3) is 9.05. The van der Waals surface area contributed by atoms with Crippen molar-refractivity contribution < 1.29 is 28.7 Å². The fourth-order valence-electron chi connectivity index (χ4n) is 6.02. The Hall–Kier alpha value is -5.24. The van der Waals surface area contributed by atoms with Crippen LogP contribution in [0.5, 0.6) is 0 Å². The Labute approximate surface area is 295 Å². The lowest BCUT2D eigenvalue weighted by molar-refractivity contribution is -0.159. The van der Waals surface area contributed by atoms with Crippen LogP contribution in [0.25, 0.3) is 0 Å². The van der Waals surface area contributed by atoms with E-state index in [4.69, 9.17) is 9.47 Å². The average molecular weight is 677 g/mol. The molecule has 4 aromatic rings. The monoisotopic (exact) mass is 676 g/mol. The highest BCUT2D eigenvalue weighted by molar-refractivity contribution is 6.09. The molecule has 0 aliphatic carbocycles. The van der Waals surface area contributed by atoms with Gasteiger partial charge in [0.25, 0.3) is 0 Å². The van der Waals surface area contributed by atoms with Crippen LogP contribution in [0.4, 0.5) is 11.4 Å². The highest BCUT2D eigenvalue weighted by Crippen LogP contribution is 2.34. The Bertz CT molecular complexity index is 1860. The normalized spacial score (nSPS) is 11.8. The first-order chi connectivity index (χ1) is 23.7. The summed E-state index contributed by atoms with van der Waals surface area (Å²) in [6.45, 7) is 14.9. The molecule has 0 saturated heterocycles. The van der Waals surface area contributed by atoms with Gasteiger partial charge in [0.2, 0.25) is 11.8 Å². The van der Waals surface area contributed by atoms with Crippen LogP contribution >= 0.6 is 0 Å². The van der Waals surface area contributed by atoms with Crippen molar-refractivity contribution >= 4 is 35.1 Å². The highest BCUT2D eigenvalue weighted by atomic mass is 16.5. The molecule has 0 aliphatic heterocycles. The lowest BCUT2D eigenvalue weighted by atomic mass is 9.89. The molecule has 0 spiro atoms. The molecule has 0 heterocycles. The van der Waals surface area contributed by atoms with Crippen molar-refractivity contribution in [3.8, 4) is 0 Å². The number of carbonyl (C=O) groups is 4. The van der Waals surface area contributed by atoms with Gasteiger partial charge in [-0.1, -0.05) is 91.3 Å². The Morgan fingerprint density at radius 3 is 1.84 bits per heavy atom. The van der Waals surface area contributed by atoms with Gasteiger partial charge in [-0.25, -0.2) is 0 Å². The summed E-state index contributed by atoms with van der Waals surface area (Å²) in [5.41, 5.74) is 7.98. The summed E-state index contributed by atoms with van der Waals surface area (Å²) in [6, 6.07) is 24.7. The van der Waals surface area contributed by atoms with Crippen molar-refractivity contribution in [1.82, 2.24) is 0 Å². The third-order valence-electron chi connectivity index (χ3n) is 9.07. The molecule has 4 aromatic carbocycles. The third-order valence-corrected chi connectivity index (χ3v) is 9.07. The first-order valence-corrected chi connectivity index (χ1v) is 17.0. The molecule has 0 aliphatic rings. The number of amides is 2. The van der Waals surface area contributed by atoms with Crippen molar-refractivity contribution in [2.75, 3.05) is 10.6 Å². The molecule has 0 aromatic heterocycles. The number of hydrogen-bond donors (Lipinski definition) is 2. The number of rotatable bonds is 13. The highest BCUT2D eigenvalue weighted by Gasteiger charge is 2.38. The molecule has 0 radical (unpaired) electrons. The van der Waals surface area contributed by atoms with Gasteiger partial charge in [0, 0.05) is 17.8 Å². The average Bonchev–Trinajstić information content (AvgIpc) is 3.08.